The molecular formula is C11H11ClN2O. The van der Waals surface area contributed by atoms with Crippen molar-refractivity contribution in [3.63, 3.8) is 0 Å². The molecule has 1 aromatic rings. The van der Waals surface area contributed by atoms with Gasteiger partial charge in [0.2, 0.25) is 5.91 Å². The maximum atomic E-state index is 11.2. The van der Waals surface area contributed by atoms with E-state index in [1.807, 2.05) is 12.1 Å². The lowest BCUT2D eigenvalue weighted by molar-refractivity contribution is -0.122. The van der Waals surface area contributed by atoms with Crippen molar-refractivity contribution in [1.29, 1.82) is 0 Å². The highest BCUT2D eigenvalue weighted by Gasteiger charge is 2.29. The van der Waals surface area contributed by atoms with Crippen molar-refractivity contribution in [2.24, 2.45) is 11.0 Å². The molecule has 3 nitrogen and oxygen atoms in total. The minimum Gasteiger partial charge on any atom is -0.273 e. The molecule has 1 aromatic carbocycles. The Hall–Kier alpha value is -1.35. The average molecular weight is 223 g/mol. The largest absolute Gasteiger partial charge is 0.273 e. The van der Waals surface area contributed by atoms with Crippen molar-refractivity contribution >= 4 is 23.7 Å². The maximum Gasteiger partial charge on any atom is 0.243 e. The predicted octanol–water partition coefficient (Wildman–Crippen LogP) is 2.20. The van der Waals surface area contributed by atoms with E-state index in [0.717, 1.165) is 18.4 Å². The molecule has 1 saturated carbocycles. The van der Waals surface area contributed by atoms with Gasteiger partial charge in [0.05, 0.1) is 6.21 Å². The number of hydrazone groups is 1. The summed E-state index contributed by atoms with van der Waals surface area (Å²) in [6.45, 7) is 0. The van der Waals surface area contributed by atoms with E-state index in [-0.39, 0.29) is 11.8 Å². The van der Waals surface area contributed by atoms with Crippen molar-refractivity contribution in [3.05, 3.63) is 34.9 Å². The van der Waals surface area contributed by atoms with Crippen LogP contribution in [0.1, 0.15) is 18.4 Å². The molecule has 2 rings (SSSR count). The van der Waals surface area contributed by atoms with Crippen LogP contribution in [0.5, 0.6) is 0 Å². The first-order valence-electron chi connectivity index (χ1n) is 4.84. The van der Waals surface area contributed by atoms with Gasteiger partial charge in [-0.25, -0.2) is 5.43 Å². The second-order valence-electron chi connectivity index (χ2n) is 3.56. The van der Waals surface area contributed by atoms with E-state index in [4.69, 9.17) is 11.6 Å². The average Bonchev–Trinajstić information content (AvgIpc) is 3.04. The summed E-state index contributed by atoms with van der Waals surface area (Å²) < 4.78 is 0. The van der Waals surface area contributed by atoms with Crippen LogP contribution >= 0.6 is 11.6 Å². The number of amides is 1. The van der Waals surface area contributed by atoms with E-state index >= 15 is 0 Å². The Balaban J connectivity index is 1.87. The molecule has 1 N–H and O–H groups in total. The van der Waals surface area contributed by atoms with Crippen LogP contribution in [0.15, 0.2) is 29.4 Å². The second-order valence-corrected chi connectivity index (χ2v) is 4.00. The number of hydrogen-bond donors (Lipinski definition) is 1. The summed E-state index contributed by atoms with van der Waals surface area (Å²) in [5.74, 6) is 0.201. The lowest BCUT2D eigenvalue weighted by Gasteiger charge is -1.96. The van der Waals surface area contributed by atoms with Gasteiger partial charge in [0.15, 0.2) is 0 Å². The number of carbonyl (C=O) groups excluding carboxylic acids is 1. The highest BCUT2D eigenvalue weighted by atomic mass is 35.5. The SMILES string of the molecule is O=C(N/N=C/c1ccc(Cl)cc1)C1CC1. The van der Waals surface area contributed by atoms with E-state index in [2.05, 4.69) is 10.5 Å². The minimum atomic E-state index is 0.0141. The molecule has 1 aliphatic rings. The number of rotatable bonds is 3. The Kier molecular flexibility index (Phi) is 3.02. The smallest absolute Gasteiger partial charge is 0.243 e. The highest BCUT2D eigenvalue weighted by Crippen LogP contribution is 2.28. The molecule has 0 unspecified atom stereocenters. The van der Waals surface area contributed by atoms with Gasteiger partial charge >= 0.3 is 0 Å². The molecule has 0 heterocycles. The van der Waals surface area contributed by atoms with Crippen LogP contribution in [-0.2, 0) is 4.79 Å². The Morgan fingerprint density at radius 1 is 1.40 bits per heavy atom. The summed E-state index contributed by atoms with van der Waals surface area (Å²) >= 11 is 5.73. The minimum absolute atomic E-state index is 0.0141. The first-order valence-corrected chi connectivity index (χ1v) is 5.22. The topological polar surface area (TPSA) is 41.5 Å². The summed E-state index contributed by atoms with van der Waals surface area (Å²) in [6, 6.07) is 7.25. The molecule has 0 aromatic heterocycles. The maximum absolute atomic E-state index is 11.2. The van der Waals surface area contributed by atoms with Crippen molar-refractivity contribution in [3.8, 4) is 0 Å². The predicted molar refractivity (Wildman–Crippen MR) is 59.9 cm³/mol. The third kappa shape index (κ3) is 3.06. The highest BCUT2D eigenvalue weighted by molar-refractivity contribution is 6.30. The van der Waals surface area contributed by atoms with Gasteiger partial charge in [0.25, 0.3) is 0 Å². The van der Waals surface area contributed by atoms with Gasteiger partial charge < -0.3 is 0 Å². The number of hydrogen-bond acceptors (Lipinski definition) is 2. The summed E-state index contributed by atoms with van der Waals surface area (Å²) in [5.41, 5.74) is 3.42. The first kappa shape index (κ1) is 10.2. The molecule has 0 atom stereocenters. The Morgan fingerprint density at radius 3 is 2.67 bits per heavy atom. The monoisotopic (exact) mass is 222 g/mol. The van der Waals surface area contributed by atoms with E-state index < -0.39 is 0 Å². The van der Waals surface area contributed by atoms with Gasteiger partial charge in [-0.05, 0) is 30.5 Å². The molecule has 15 heavy (non-hydrogen) atoms. The zero-order valence-corrected chi connectivity index (χ0v) is 8.87. The number of nitrogens with one attached hydrogen (secondary N) is 1. The van der Waals surface area contributed by atoms with Gasteiger partial charge in [-0.2, -0.15) is 5.10 Å². The van der Waals surface area contributed by atoms with Crippen LogP contribution < -0.4 is 5.43 Å². The van der Waals surface area contributed by atoms with Crippen LogP contribution in [0, 0.1) is 5.92 Å². The number of nitrogens with zero attached hydrogens (tertiary/aromatic N) is 1. The molecular weight excluding hydrogens is 212 g/mol. The standard InChI is InChI=1S/C11H11ClN2O/c12-10-5-1-8(2-6-10)7-13-14-11(15)9-3-4-9/h1-2,5-7,9H,3-4H2,(H,14,15)/b13-7+. The molecule has 0 saturated heterocycles. The summed E-state index contributed by atoms with van der Waals surface area (Å²) in [4.78, 5) is 11.2. The Bertz CT molecular complexity index is 382. The van der Waals surface area contributed by atoms with Crippen LogP contribution in [0.3, 0.4) is 0 Å². The quantitative estimate of drug-likeness (QED) is 0.618. The first-order chi connectivity index (χ1) is 7.25. The third-order valence-corrected chi connectivity index (χ3v) is 2.46. The lowest BCUT2D eigenvalue weighted by Crippen LogP contribution is -2.18. The molecule has 1 fully saturated rings. The fourth-order valence-corrected chi connectivity index (χ4v) is 1.28. The van der Waals surface area contributed by atoms with Gasteiger partial charge in [0, 0.05) is 10.9 Å². The number of benzene rings is 1. The Labute approximate surface area is 93.1 Å². The zero-order valence-electron chi connectivity index (χ0n) is 8.11. The number of halogens is 1. The normalized spacial score (nSPS) is 15.5. The van der Waals surface area contributed by atoms with Crippen LogP contribution in [-0.4, -0.2) is 12.1 Å². The van der Waals surface area contributed by atoms with E-state index in [0.29, 0.717) is 5.02 Å². The van der Waals surface area contributed by atoms with Crippen molar-refractivity contribution in [2.45, 2.75) is 12.8 Å². The fraction of sp³-hybridized carbons (Fsp3) is 0.273. The molecule has 78 valence electrons. The van der Waals surface area contributed by atoms with Crippen LogP contribution in [0.4, 0.5) is 0 Å². The van der Waals surface area contributed by atoms with Gasteiger partial charge in [-0.3, -0.25) is 4.79 Å². The molecule has 1 amide bonds. The molecule has 4 heteroatoms. The third-order valence-electron chi connectivity index (χ3n) is 2.21. The van der Waals surface area contributed by atoms with Crippen molar-refractivity contribution in [1.82, 2.24) is 5.43 Å². The lowest BCUT2D eigenvalue weighted by atomic mass is 10.2. The van der Waals surface area contributed by atoms with Crippen molar-refractivity contribution < 1.29 is 4.79 Å². The second kappa shape index (κ2) is 4.45. The van der Waals surface area contributed by atoms with E-state index in [9.17, 15) is 4.79 Å². The summed E-state index contributed by atoms with van der Waals surface area (Å²) in [7, 11) is 0. The van der Waals surface area contributed by atoms with Crippen molar-refractivity contribution in [2.75, 3.05) is 0 Å². The molecule has 0 bridgehead atoms. The van der Waals surface area contributed by atoms with Gasteiger partial charge in [-0.1, -0.05) is 23.7 Å². The summed E-state index contributed by atoms with van der Waals surface area (Å²) in [6.07, 6.45) is 3.58. The molecule has 0 spiro atoms. The van der Waals surface area contributed by atoms with Crippen LogP contribution in [0.2, 0.25) is 5.02 Å². The zero-order chi connectivity index (χ0) is 10.7. The molecule has 0 aliphatic heterocycles. The molecule has 1 aliphatic carbocycles. The fourth-order valence-electron chi connectivity index (χ4n) is 1.16. The van der Waals surface area contributed by atoms with Gasteiger partial charge in [-0.15, -0.1) is 0 Å². The van der Waals surface area contributed by atoms with Gasteiger partial charge in [0.1, 0.15) is 0 Å². The van der Waals surface area contributed by atoms with E-state index in [1.165, 1.54) is 0 Å². The van der Waals surface area contributed by atoms with Crippen LogP contribution in [0.25, 0.3) is 0 Å². The summed E-state index contributed by atoms with van der Waals surface area (Å²) in [5, 5.41) is 4.55. The number of carbonyl (C=O) groups is 1. The van der Waals surface area contributed by atoms with E-state index in [1.54, 1.807) is 18.3 Å². The molecule has 0 radical (unpaired) electrons. The Morgan fingerprint density at radius 2 is 2.07 bits per heavy atom.